The lowest BCUT2D eigenvalue weighted by molar-refractivity contribution is -0.121. The van der Waals surface area contributed by atoms with Gasteiger partial charge in [-0.15, -0.1) is 0 Å². The molecule has 0 saturated heterocycles. The average molecular weight is 340 g/mol. The Morgan fingerprint density at radius 1 is 1.00 bits per heavy atom. The second-order valence-corrected chi connectivity index (χ2v) is 5.82. The molecule has 2 aromatic rings. The van der Waals surface area contributed by atoms with Crippen LogP contribution in [0.4, 0.5) is 0 Å². The van der Waals surface area contributed by atoms with Gasteiger partial charge in [-0.05, 0) is 37.1 Å². The summed E-state index contributed by atoms with van der Waals surface area (Å²) in [7, 11) is 1.56. The van der Waals surface area contributed by atoms with Crippen molar-refractivity contribution in [3.8, 4) is 5.75 Å². The lowest BCUT2D eigenvalue weighted by Crippen LogP contribution is -2.34. The van der Waals surface area contributed by atoms with E-state index in [9.17, 15) is 9.59 Å². The van der Waals surface area contributed by atoms with Crippen LogP contribution in [-0.4, -0.2) is 32.0 Å². The maximum absolute atomic E-state index is 12.0. The van der Waals surface area contributed by atoms with E-state index in [1.165, 1.54) is 5.56 Å². The van der Waals surface area contributed by atoms with Crippen molar-refractivity contribution in [2.75, 3.05) is 20.2 Å². The van der Waals surface area contributed by atoms with E-state index < -0.39 is 0 Å². The summed E-state index contributed by atoms with van der Waals surface area (Å²) in [6.07, 6.45) is 1.15. The maximum Gasteiger partial charge on any atom is 0.251 e. The van der Waals surface area contributed by atoms with E-state index in [0.29, 0.717) is 37.2 Å². The molecule has 0 aliphatic rings. The van der Waals surface area contributed by atoms with Crippen LogP contribution in [0.2, 0.25) is 0 Å². The number of methoxy groups -OCH3 is 1. The number of amides is 2. The zero-order chi connectivity index (χ0) is 18.1. The van der Waals surface area contributed by atoms with Gasteiger partial charge < -0.3 is 15.4 Å². The lowest BCUT2D eigenvalue weighted by atomic mass is 10.1. The van der Waals surface area contributed by atoms with E-state index in [-0.39, 0.29) is 11.8 Å². The number of carbonyl (C=O) groups is 2. The van der Waals surface area contributed by atoms with Gasteiger partial charge in [-0.3, -0.25) is 9.59 Å². The van der Waals surface area contributed by atoms with Gasteiger partial charge in [0.05, 0.1) is 7.11 Å². The molecule has 132 valence electrons. The Hall–Kier alpha value is -2.82. The highest BCUT2D eigenvalue weighted by molar-refractivity contribution is 5.94. The molecular formula is C20H24N2O3. The molecule has 0 unspecified atom stereocenters. The summed E-state index contributed by atoms with van der Waals surface area (Å²) >= 11 is 0. The smallest absolute Gasteiger partial charge is 0.251 e. The van der Waals surface area contributed by atoms with E-state index >= 15 is 0 Å². The minimum atomic E-state index is -0.187. The Kier molecular flexibility index (Phi) is 7.01. The lowest BCUT2D eigenvalue weighted by Gasteiger charge is -2.08. The first-order valence-electron chi connectivity index (χ1n) is 8.33. The zero-order valence-corrected chi connectivity index (χ0v) is 14.7. The van der Waals surface area contributed by atoms with E-state index in [1.54, 1.807) is 31.4 Å². The fourth-order valence-electron chi connectivity index (χ4n) is 2.35. The van der Waals surface area contributed by atoms with Gasteiger partial charge in [0, 0.05) is 25.1 Å². The molecule has 2 rings (SSSR count). The van der Waals surface area contributed by atoms with Gasteiger partial charge in [0.2, 0.25) is 5.91 Å². The fourth-order valence-corrected chi connectivity index (χ4v) is 2.35. The first-order chi connectivity index (χ1) is 12.1. The summed E-state index contributed by atoms with van der Waals surface area (Å²) in [4.78, 5) is 23.9. The van der Waals surface area contributed by atoms with Crippen molar-refractivity contribution in [3.63, 3.8) is 0 Å². The van der Waals surface area contributed by atoms with Crippen LogP contribution in [0.1, 0.15) is 27.9 Å². The molecule has 0 aromatic heterocycles. The number of hydrogen-bond donors (Lipinski definition) is 2. The Morgan fingerprint density at radius 2 is 1.72 bits per heavy atom. The van der Waals surface area contributed by atoms with Crippen molar-refractivity contribution < 1.29 is 14.3 Å². The summed E-state index contributed by atoms with van der Waals surface area (Å²) in [5.41, 5.74) is 2.89. The van der Waals surface area contributed by atoms with Crippen molar-refractivity contribution >= 4 is 11.8 Å². The van der Waals surface area contributed by atoms with E-state index in [1.807, 2.05) is 31.2 Å². The second-order valence-electron chi connectivity index (χ2n) is 5.82. The van der Waals surface area contributed by atoms with Gasteiger partial charge in [-0.1, -0.05) is 35.9 Å². The highest BCUT2D eigenvalue weighted by Crippen LogP contribution is 2.12. The SMILES string of the molecule is COc1cccc(C(=O)NCCNC(=O)CCc2ccc(C)cc2)c1. The molecule has 0 atom stereocenters. The van der Waals surface area contributed by atoms with Crippen molar-refractivity contribution in [1.29, 1.82) is 0 Å². The van der Waals surface area contributed by atoms with E-state index in [2.05, 4.69) is 10.6 Å². The molecule has 0 bridgehead atoms. The first-order valence-corrected chi connectivity index (χ1v) is 8.33. The summed E-state index contributed by atoms with van der Waals surface area (Å²) in [6, 6.07) is 15.1. The Balaban J connectivity index is 1.65. The maximum atomic E-state index is 12.0. The van der Waals surface area contributed by atoms with Crippen molar-refractivity contribution in [3.05, 3.63) is 65.2 Å². The summed E-state index contributed by atoms with van der Waals surface area (Å²) < 4.78 is 5.09. The fraction of sp³-hybridized carbons (Fsp3) is 0.300. The van der Waals surface area contributed by atoms with Crippen LogP contribution in [0, 0.1) is 6.92 Å². The van der Waals surface area contributed by atoms with Gasteiger partial charge in [0.1, 0.15) is 5.75 Å². The zero-order valence-electron chi connectivity index (χ0n) is 14.7. The summed E-state index contributed by atoms with van der Waals surface area (Å²) in [6.45, 7) is 2.82. The average Bonchev–Trinajstić information content (AvgIpc) is 2.64. The number of hydrogen-bond acceptors (Lipinski definition) is 3. The molecule has 0 aliphatic carbocycles. The van der Waals surface area contributed by atoms with Crippen LogP contribution < -0.4 is 15.4 Å². The molecule has 25 heavy (non-hydrogen) atoms. The third-order valence-electron chi connectivity index (χ3n) is 3.83. The van der Waals surface area contributed by atoms with Gasteiger partial charge in [-0.25, -0.2) is 0 Å². The van der Waals surface area contributed by atoms with Crippen molar-refractivity contribution in [2.45, 2.75) is 19.8 Å². The molecule has 5 heteroatoms. The molecule has 2 amide bonds. The molecule has 0 aliphatic heterocycles. The van der Waals surface area contributed by atoms with Crippen LogP contribution in [0.25, 0.3) is 0 Å². The molecule has 0 spiro atoms. The highest BCUT2D eigenvalue weighted by Gasteiger charge is 2.06. The third-order valence-corrected chi connectivity index (χ3v) is 3.83. The molecule has 0 heterocycles. The number of aryl methyl sites for hydroxylation is 2. The largest absolute Gasteiger partial charge is 0.497 e. The third kappa shape index (κ3) is 6.30. The van der Waals surface area contributed by atoms with E-state index in [4.69, 9.17) is 4.74 Å². The molecule has 0 radical (unpaired) electrons. The first kappa shape index (κ1) is 18.5. The van der Waals surface area contributed by atoms with Crippen LogP contribution in [0.15, 0.2) is 48.5 Å². The number of ether oxygens (including phenoxy) is 1. The monoisotopic (exact) mass is 340 g/mol. The van der Waals surface area contributed by atoms with Crippen LogP contribution in [0.5, 0.6) is 5.75 Å². The van der Waals surface area contributed by atoms with Crippen LogP contribution >= 0.6 is 0 Å². The Bertz CT molecular complexity index is 711. The standard InChI is InChI=1S/C20H24N2O3/c1-15-6-8-16(9-7-15)10-11-19(23)21-12-13-22-20(24)17-4-3-5-18(14-17)25-2/h3-9,14H,10-13H2,1-2H3,(H,21,23)(H,22,24). The molecule has 0 fully saturated rings. The number of nitrogens with one attached hydrogen (secondary N) is 2. The van der Waals surface area contributed by atoms with Gasteiger partial charge >= 0.3 is 0 Å². The van der Waals surface area contributed by atoms with Crippen molar-refractivity contribution in [1.82, 2.24) is 10.6 Å². The molecule has 5 nitrogen and oxygen atoms in total. The molecule has 0 saturated carbocycles. The van der Waals surface area contributed by atoms with Crippen molar-refractivity contribution in [2.24, 2.45) is 0 Å². The Morgan fingerprint density at radius 3 is 2.44 bits per heavy atom. The summed E-state index contributed by atoms with van der Waals surface area (Å²) in [5, 5.41) is 5.59. The predicted molar refractivity (Wildman–Crippen MR) is 97.8 cm³/mol. The number of rotatable bonds is 8. The van der Waals surface area contributed by atoms with Gasteiger partial charge in [0.25, 0.3) is 5.91 Å². The number of benzene rings is 2. The van der Waals surface area contributed by atoms with Gasteiger partial charge in [-0.2, -0.15) is 0 Å². The molecule has 2 aromatic carbocycles. The quantitative estimate of drug-likeness (QED) is 0.726. The predicted octanol–water partition coefficient (Wildman–Crippen LogP) is 2.48. The summed E-state index contributed by atoms with van der Waals surface area (Å²) in [5.74, 6) is 0.432. The molecular weight excluding hydrogens is 316 g/mol. The van der Waals surface area contributed by atoms with Crippen LogP contribution in [-0.2, 0) is 11.2 Å². The minimum Gasteiger partial charge on any atom is -0.497 e. The highest BCUT2D eigenvalue weighted by atomic mass is 16.5. The Labute approximate surface area is 148 Å². The van der Waals surface area contributed by atoms with Crippen LogP contribution in [0.3, 0.4) is 0 Å². The second kappa shape index (κ2) is 9.47. The minimum absolute atomic E-state index is 0.0174. The van der Waals surface area contributed by atoms with Gasteiger partial charge in [0.15, 0.2) is 0 Å². The van der Waals surface area contributed by atoms with E-state index in [0.717, 1.165) is 5.56 Å². The normalized spacial score (nSPS) is 10.2. The molecule has 2 N–H and O–H groups in total. The topological polar surface area (TPSA) is 67.4 Å². The number of carbonyl (C=O) groups excluding carboxylic acids is 2.